The lowest BCUT2D eigenvalue weighted by molar-refractivity contribution is -0.139. The first-order valence-electron chi connectivity index (χ1n) is 12.1. The number of carbonyl (C=O) groups excluding carboxylic acids is 2. The smallest absolute Gasteiger partial charge is 0.264 e. The second-order valence-electron chi connectivity index (χ2n) is 9.26. The summed E-state index contributed by atoms with van der Waals surface area (Å²) in [6.45, 7) is 6.36. The minimum Gasteiger partial charge on any atom is -0.352 e. The number of benzene rings is 3. The Bertz CT molecular complexity index is 1380. The van der Waals surface area contributed by atoms with Crippen LogP contribution < -0.4 is 9.62 Å². The summed E-state index contributed by atoms with van der Waals surface area (Å²) in [5, 5.41) is 2.80. The molecular formula is C28H31BrFN3O4S. The third-order valence-electron chi connectivity index (χ3n) is 5.87. The molecule has 0 bridgehead atoms. The average Bonchev–Trinajstić information content (AvgIpc) is 2.86. The molecule has 1 atom stereocenters. The van der Waals surface area contributed by atoms with Gasteiger partial charge in [0.15, 0.2) is 0 Å². The highest BCUT2D eigenvalue weighted by Crippen LogP contribution is 2.27. The summed E-state index contributed by atoms with van der Waals surface area (Å²) in [5.41, 5.74) is 1.33. The van der Waals surface area contributed by atoms with Crippen LogP contribution in [-0.2, 0) is 26.2 Å². The summed E-state index contributed by atoms with van der Waals surface area (Å²) in [4.78, 5) is 27.9. The molecule has 0 saturated heterocycles. The number of aryl methyl sites for hydroxylation is 1. The summed E-state index contributed by atoms with van der Waals surface area (Å²) in [6.07, 6.45) is 0. The van der Waals surface area contributed by atoms with E-state index in [1.807, 2.05) is 19.1 Å². The van der Waals surface area contributed by atoms with Crippen LogP contribution in [0.1, 0.15) is 31.9 Å². The van der Waals surface area contributed by atoms with Crippen molar-refractivity contribution in [3.05, 3.63) is 94.2 Å². The maximum Gasteiger partial charge on any atom is 0.264 e. The summed E-state index contributed by atoms with van der Waals surface area (Å²) in [5.74, 6) is -1.83. The highest BCUT2D eigenvalue weighted by atomic mass is 79.9. The number of nitrogens with one attached hydrogen (secondary N) is 1. The van der Waals surface area contributed by atoms with Gasteiger partial charge in [-0.15, -0.1) is 0 Å². The molecule has 2 amide bonds. The van der Waals surface area contributed by atoms with Crippen LogP contribution in [-0.4, -0.2) is 43.8 Å². The van der Waals surface area contributed by atoms with Crippen LogP contribution in [0, 0.1) is 12.7 Å². The molecule has 0 aliphatic rings. The van der Waals surface area contributed by atoms with Crippen molar-refractivity contribution >= 4 is 43.5 Å². The van der Waals surface area contributed by atoms with Crippen molar-refractivity contribution in [2.24, 2.45) is 0 Å². The summed E-state index contributed by atoms with van der Waals surface area (Å²) >= 11 is 3.38. The Labute approximate surface area is 231 Å². The Balaban J connectivity index is 2.04. The lowest BCUT2D eigenvalue weighted by Gasteiger charge is -2.32. The van der Waals surface area contributed by atoms with Crippen molar-refractivity contribution in [1.82, 2.24) is 10.2 Å². The molecule has 0 unspecified atom stereocenters. The van der Waals surface area contributed by atoms with E-state index in [1.165, 1.54) is 35.2 Å². The number of amides is 2. The van der Waals surface area contributed by atoms with E-state index in [1.54, 1.807) is 45.0 Å². The van der Waals surface area contributed by atoms with Crippen molar-refractivity contribution in [2.45, 2.75) is 51.2 Å². The van der Waals surface area contributed by atoms with Crippen LogP contribution in [0.5, 0.6) is 0 Å². The van der Waals surface area contributed by atoms with Crippen molar-refractivity contribution in [3.8, 4) is 0 Å². The van der Waals surface area contributed by atoms with Crippen LogP contribution in [0.4, 0.5) is 10.1 Å². The fourth-order valence-electron chi connectivity index (χ4n) is 3.78. The van der Waals surface area contributed by atoms with E-state index in [0.29, 0.717) is 0 Å². The molecule has 0 aliphatic heterocycles. The predicted octanol–water partition coefficient (Wildman–Crippen LogP) is 5.03. The van der Waals surface area contributed by atoms with E-state index in [2.05, 4.69) is 21.2 Å². The van der Waals surface area contributed by atoms with Crippen molar-refractivity contribution in [2.75, 3.05) is 10.8 Å². The van der Waals surface area contributed by atoms with Gasteiger partial charge < -0.3 is 10.2 Å². The Kier molecular flexibility index (Phi) is 9.67. The Morgan fingerprint density at radius 1 is 0.947 bits per heavy atom. The van der Waals surface area contributed by atoms with Crippen molar-refractivity contribution in [1.29, 1.82) is 0 Å². The molecule has 3 rings (SSSR count). The lowest BCUT2D eigenvalue weighted by Crippen LogP contribution is -2.52. The number of rotatable bonds is 10. The fraction of sp³-hybridized carbons (Fsp3) is 0.286. The minimum absolute atomic E-state index is 0.0501. The summed E-state index contributed by atoms with van der Waals surface area (Å²) < 4.78 is 43.9. The van der Waals surface area contributed by atoms with E-state index >= 15 is 0 Å². The molecule has 1 N–H and O–H groups in total. The van der Waals surface area contributed by atoms with Gasteiger partial charge in [0, 0.05) is 17.1 Å². The SMILES string of the molecule is Cc1ccc(S(=O)(=O)N(CC(=O)N(Cc2ccc(Br)cc2)[C@@H](C)C(=O)NC(C)C)c2ccccc2F)cc1. The van der Waals surface area contributed by atoms with E-state index in [4.69, 9.17) is 0 Å². The second-order valence-corrected chi connectivity index (χ2v) is 12.0. The van der Waals surface area contributed by atoms with E-state index in [0.717, 1.165) is 26.0 Å². The number of carbonyl (C=O) groups is 2. The number of halogens is 2. The van der Waals surface area contributed by atoms with E-state index in [-0.39, 0.29) is 29.1 Å². The van der Waals surface area contributed by atoms with Gasteiger partial charge in [-0.3, -0.25) is 13.9 Å². The standard InChI is InChI=1S/C28H31BrFN3O4S/c1-19(2)31-28(35)21(4)32(17-22-11-13-23(29)14-12-22)27(34)18-33(26-8-6-5-7-25(26)30)38(36,37)24-15-9-20(3)10-16-24/h5-16,19,21H,17-18H2,1-4H3,(H,31,35)/t21-/m0/s1. The predicted molar refractivity (Wildman–Crippen MR) is 150 cm³/mol. The second kappa shape index (κ2) is 12.5. The average molecular weight is 605 g/mol. The molecule has 0 aliphatic carbocycles. The molecule has 0 aromatic heterocycles. The molecule has 0 fully saturated rings. The van der Waals surface area contributed by atoms with Gasteiger partial charge in [0.2, 0.25) is 11.8 Å². The number of hydrogen-bond donors (Lipinski definition) is 1. The third kappa shape index (κ3) is 7.20. The van der Waals surface area contributed by atoms with Gasteiger partial charge >= 0.3 is 0 Å². The maximum absolute atomic E-state index is 14.9. The molecule has 3 aromatic rings. The molecule has 38 heavy (non-hydrogen) atoms. The van der Waals surface area contributed by atoms with Crippen molar-refractivity contribution in [3.63, 3.8) is 0 Å². The van der Waals surface area contributed by atoms with E-state index in [9.17, 15) is 22.4 Å². The topological polar surface area (TPSA) is 86.8 Å². The molecule has 0 spiro atoms. The fourth-order valence-corrected chi connectivity index (χ4v) is 5.47. The van der Waals surface area contributed by atoms with Crippen LogP contribution >= 0.6 is 15.9 Å². The normalized spacial score (nSPS) is 12.2. The highest BCUT2D eigenvalue weighted by Gasteiger charge is 2.33. The van der Waals surface area contributed by atoms with Gasteiger partial charge in [0.1, 0.15) is 18.4 Å². The number of sulfonamides is 1. The van der Waals surface area contributed by atoms with Gasteiger partial charge in [0.05, 0.1) is 10.6 Å². The first kappa shape index (κ1) is 29.3. The quantitative estimate of drug-likeness (QED) is 0.352. The highest BCUT2D eigenvalue weighted by molar-refractivity contribution is 9.10. The summed E-state index contributed by atoms with van der Waals surface area (Å²) in [7, 11) is -4.33. The number of hydrogen-bond acceptors (Lipinski definition) is 4. The zero-order valence-corrected chi connectivity index (χ0v) is 24.1. The first-order valence-corrected chi connectivity index (χ1v) is 14.3. The minimum atomic E-state index is -4.33. The van der Waals surface area contributed by atoms with Crippen LogP contribution in [0.25, 0.3) is 0 Å². The van der Waals surface area contributed by atoms with Crippen molar-refractivity contribution < 1.29 is 22.4 Å². The maximum atomic E-state index is 14.9. The van der Waals surface area contributed by atoms with Gasteiger partial charge in [-0.25, -0.2) is 12.8 Å². The number of anilines is 1. The van der Waals surface area contributed by atoms with E-state index < -0.39 is 34.3 Å². The zero-order chi connectivity index (χ0) is 28.0. The zero-order valence-electron chi connectivity index (χ0n) is 21.7. The van der Waals surface area contributed by atoms with Crippen LogP contribution in [0.15, 0.2) is 82.2 Å². The van der Waals surface area contributed by atoms with Gasteiger partial charge in [-0.05, 0) is 69.7 Å². The Morgan fingerprint density at radius 3 is 2.13 bits per heavy atom. The first-order chi connectivity index (χ1) is 17.9. The number of nitrogens with zero attached hydrogens (tertiary/aromatic N) is 2. The third-order valence-corrected chi connectivity index (χ3v) is 8.18. The monoisotopic (exact) mass is 603 g/mol. The van der Waals surface area contributed by atoms with Gasteiger partial charge in [-0.2, -0.15) is 0 Å². The molecule has 0 saturated carbocycles. The molecule has 10 heteroatoms. The molecular weight excluding hydrogens is 573 g/mol. The Hall–Kier alpha value is -3.24. The van der Waals surface area contributed by atoms with Gasteiger partial charge in [-0.1, -0.05) is 57.9 Å². The summed E-state index contributed by atoms with van der Waals surface area (Å²) in [6, 6.07) is 17.6. The molecule has 0 radical (unpaired) electrons. The van der Waals surface area contributed by atoms with Crippen LogP contribution in [0.3, 0.4) is 0 Å². The lowest BCUT2D eigenvalue weighted by atomic mass is 10.1. The number of para-hydroxylation sites is 1. The molecule has 202 valence electrons. The molecule has 7 nitrogen and oxygen atoms in total. The molecule has 3 aromatic carbocycles. The van der Waals surface area contributed by atoms with Crippen LogP contribution in [0.2, 0.25) is 0 Å². The largest absolute Gasteiger partial charge is 0.352 e. The van der Waals surface area contributed by atoms with Gasteiger partial charge in [0.25, 0.3) is 10.0 Å². The molecule has 0 heterocycles. The Morgan fingerprint density at radius 2 is 1.55 bits per heavy atom.